The lowest BCUT2D eigenvalue weighted by Crippen LogP contribution is -2.33. The number of benzene rings is 2. The molecule has 2 aromatic rings. The number of amides is 3. The van der Waals surface area contributed by atoms with E-state index in [1.807, 2.05) is 0 Å². The van der Waals surface area contributed by atoms with Gasteiger partial charge in [-0.15, -0.1) is 0 Å². The normalized spacial score (nSPS) is 12.7. The molecule has 0 atom stereocenters. The van der Waals surface area contributed by atoms with Crippen LogP contribution in [0.15, 0.2) is 42.5 Å². The van der Waals surface area contributed by atoms with Crippen molar-refractivity contribution in [3.05, 3.63) is 70.8 Å². The van der Waals surface area contributed by atoms with Crippen LogP contribution in [0.1, 0.15) is 43.9 Å². The average molecular weight is 402 g/mol. The monoisotopic (exact) mass is 402 g/mol. The minimum Gasteiger partial charge on any atom is -0.444 e. The van der Waals surface area contributed by atoms with Crippen molar-refractivity contribution in [2.45, 2.75) is 12.8 Å². The lowest BCUT2D eigenvalue weighted by molar-refractivity contribution is -0.146. The predicted octanol–water partition coefficient (Wildman–Crippen LogP) is 2.27. The summed E-state index contributed by atoms with van der Waals surface area (Å²) in [6, 6.07) is 8.89. The van der Waals surface area contributed by atoms with E-state index in [1.54, 1.807) is 12.1 Å². The molecule has 0 unspecified atom stereocenters. The van der Waals surface area contributed by atoms with Gasteiger partial charge in [0.2, 0.25) is 0 Å². The van der Waals surface area contributed by atoms with E-state index in [2.05, 4.69) is 5.32 Å². The third kappa shape index (κ3) is 4.45. The Labute approximate surface area is 164 Å². The third-order valence-corrected chi connectivity index (χ3v) is 4.25. The zero-order valence-electron chi connectivity index (χ0n) is 15.1. The van der Waals surface area contributed by atoms with Crippen molar-refractivity contribution in [3.63, 3.8) is 0 Å². The van der Waals surface area contributed by atoms with Gasteiger partial charge < -0.3 is 10.1 Å². The van der Waals surface area contributed by atoms with E-state index in [0.717, 1.165) is 17.0 Å². The molecule has 0 saturated heterocycles. The molecule has 0 aliphatic carbocycles. The zero-order valence-corrected chi connectivity index (χ0v) is 15.1. The number of halogens is 2. The van der Waals surface area contributed by atoms with E-state index in [4.69, 9.17) is 4.74 Å². The van der Waals surface area contributed by atoms with Crippen LogP contribution in [0.3, 0.4) is 0 Å². The fourth-order valence-electron chi connectivity index (χ4n) is 2.77. The number of fused-ring (bicyclic) bond motifs is 1. The second-order valence-electron chi connectivity index (χ2n) is 6.21. The lowest BCUT2D eigenvalue weighted by Gasteiger charge is -2.14. The molecule has 0 aromatic heterocycles. The van der Waals surface area contributed by atoms with Crippen LogP contribution < -0.4 is 5.32 Å². The summed E-state index contributed by atoms with van der Waals surface area (Å²) >= 11 is 0. The molecule has 3 rings (SSSR count). The first-order valence-corrected chi connectivity index (χ1v) is 8.72. The summed E-state index contributed by atoms with van der Waals surface area (Å²) in [5.41, 5.74) is 0.202. The number of hydrogen-bond donors (Lipinski definition) is 1. The molecule has 1 aliphatic heterocycles. The number of imide groups is 1. The Morgan fingerprint density at radius 2 is 1.66 bits per heavy atom. The quantitative estimate of drug-likeness (QED) is 0.436. The van der Waals surface area contributed by atoms with E-state index >= 15 is 0 Å². The van der Waals surface area contributed by atoms with Crippen LogP contribution >= 0.6 is 0 Å². The molecule has 0 fully saturated rings. The standard InChI is InChI=1S/C20H16F2N2O5/c21-12-7-8-15(16(22)10-12)18(26)23-9-3-6-17(25)29-11-24-19(27)13-4-1-2-5-14(13)20(24)28/h1-2,4-5,7-8,10H,3,6,9,11H2,(H,23,26). The van der Waals surface area contributed by atoms with Gasteiger partial charge >= 0.3 is 5.97 Å². The van der Waals surface area contributed by atoms with E-state index < -0.39 is 42.1 Å². The highest BCUT2D eigenvalue weighted by Crippen LogP contribution is 2.22. The van der Waals surface area contributed by atoms with Crippen molar-refractivity contribution in [2.24, 2.45) is 0 Å². The van der Waals surface area contributed by atoms with Crippen LogP contribution in [0.2, 0.25) is 0 Å². The Hall–Kier alpha value is -3.62. The molecule has 0 saturated carbocycles. The summed E-state index contributed by atoms with van der Waals surface area (Å²) in [6.45, 7) is -0.448. The Bertz CT molecular complexity index is 958. The summed E-state index contributed by atoms with van der Waals surface area (Å²) < 4.78 is 31.3. The highest BCUT2D eigenvalue weighted by atomic mass is 19.1. The van der Waals surface area contributed by atoms with Crippen LogP contribution in [-0.2, 0) is 9.53 Å². The molecule has 1 heterocycles. The van der Waals surface area contributed by atoms with Crippen LogP contribution in [0.5, 0.6) is 0 Å². The Morgan fingerprint density at radius 3 is 2.28 bits per heavy atom. The molecule has 0 spiro atoms. The molecule has 1 N–H and O–H groups in total. The molecule has 150 valence electrons. The van der Waals surface area contributed by atoms with Crippen LogP contribution in [0, 0.1) is 11.6 Å². The smallest absolute Gasteiger partial charge is 0.307 e. The molecule has 0 radical (unpaired) electrons. The van der Waals surface area contributed by atoms with Gasteiger partial charge in [0.05, 0.1) is 16.7 Å². The fourth-order valence-corrected chi connectivity index (χ4v) is 2.77. The van der Waals surface area contributed by atoms with Gasteiger partial charge in [0.15, 0.2) is 6.73 Å². The van der Waals surface area contributed by atoms with E-state index in [0.29, 0.717) is 6.07 Å². The number of nitrogens with one attached hydrogen (secondary N) is 1. The first-order chi connectivity index (χ1) is 13.9. The van der Waals surface area contributed by atoms with Crippen LogP contribution in [0.25, 0.3) is 0 Å². The maximum Gasteiger partial charge on any atom is 0.307 e. The van der Waals surface area contributed by atoms with Gasteiger partial charge in [-0.2, -0.15) is 0 Å². The first-order valence-electron chi connectivity index (χ1n) is 8.72. The maximum absolute atomic E-state index is 13.5. The Balaban J connectivity index is 1.40. The molecule has 9 heteroatoms. The van der Waals surface area contributed by atoms with Crippen molar-refractivity contribution in [3.8, 4) is 0 Å². The molecule has 0 bridgehead atoms. The summed E-state index contributed by atoms with van der Waals surface area (Å²) in [5, 5.41) is 2.41. The van der Waals surface area contributed by atoms with E-state index in [-0.39, 0.29) is 36.1 Å². The molecular formula is C20H16F2N2O5. The number of hydrogen-bond acceptors (Lipinski definition) is 5. The molecule has 7 nitrogen and oxygen atoms in total. The second kappa shape index (κ2) is 8.59. The van der Waals surface area contributed by atoms with E-state index in [9.17, 15) is 28.0 Å². The maximum atomic E-state index is 13.5. The highest BCUT2D eigenvalue weighted by molar-refractivity contribution is 6.21. The summed E-state index contributed by atoms with van der Waals surface area (Å²) in [7, 11) is 0. The van der Waals surface area contributed by atoms with Gasteiger partial charge in [-0.25, -0.2) is 13.7 Å². The van der Waals surface area contributed by atoms with Crippen molar-refractivity contribution >= 4 is 23.7 Å². The van der Waals surface area contributed by atoms with Crippen molar-refractivity contribution in [1.29, 1.82) is 0 Å². The first kappa shape index (κ1) is 20.1. The molecule has 3 amide bonds. The third-order valence-electron chi connectivity index (χ3n) is 4.25. The number of carbonyl (C=O) groups is 4. The van der Waals surface area contributed by atoms with Gasteiger partial charge in [-0.05, 0) is 30.7 Å². The Kier molecular flexibility index (Phi) is 5.96. The number of carbonyl (C=O) groups excluding carboxylic acids is 4. The molecule has 1 aliphatic rings. The number of esters is 1. The van der Waals surface area contributed by atoms with Crippen molar-refractivity contribution in [1.82, 2.24) is 10.2 Å². The summed E-state index contributed by atoms with van der Waals surface area (Å²) in [5.74, 6) is -4.24. The van der Waals surface area contributed by atoms with Crippen LogP contribution in [0.4, 0.5) is 8.78 Å². The minimum absolute atomic E-state index is 0.0533. The largest absolute Gasteiger partial charge is 0.444 e. The van der Waals surface area contributed by atoms with Crippen LogP contribution in [-0.4, -0.2) is 41.9 Å². The van der Waals surface area contributed by atoms with Gasteiger partial charge in [0, 0.05) is 19.0 Å². The number of nitrogens with zero attached hydrogens (tertiary/aromatic N) is 1. The van der Waals surface area contributed by atoms with E-state index in [1.165, 1.54) is 12.1 Å². The lowest BCUT2D eigenvalue weighted by atomic mass is 10.1. The average Bonchev–Trinajstić information content (AvgIpc) is 2.94. The highest BCUT2D eigenvalue weighted by Gasteiger charge is 2.35. The number of ether oxygens (including phenoxy) is 1. The van der Waals surface area contributed by atoms with Crippen molar-refractivity contribution in [2.75, 3.05) is 13.3 Å². The SMILES string of the molecule is O=C(CCCNC(=O)c1ccc(F)cc1F)OCN1C(=O)c2ccccc2C1=O. The summed E-state index contributed by atoms with van der Waals surface area (Å²) in [6.07, 6.45) is 0.102. The molecule has 2 aromatic carbocycles. The second-order valence-corrected chi connectivity index (χ2v) is 6.21. The van der Waals surface area contributed by atoms with Crippen molar-refractivity contribution < 1.29 is 32.7 Å². The zero-order chi connectivity index (χ0) is 21.0. The van der Waals surface area contributed by atoms with Gasteiger partial charge in [-0.3, -0.25) is 19.2 Å². The predicted molar refractivity (Wildman–Crippen MR) is 95.8 cm³/mol. The van der Waals surface area contributed by atoms with Gasteiger partial charge in [-0.1, -0.05) is 12.1 Å². The minimum atomic E-state index is -0.983. The molecular weight excluding hydrogens is 386 g/mol. The fraction of sp³-hybridized carbons (Fsp3) is 0.200. The topological polar surface area (TPSA) is 92.8 Å². The Morgan fingerprint density at radius 1 is 1.00 bits per heavy atom. The van der Waals surface area contributed by atoms with Gasteiger partial charge in [0.1, 0.15) is 11.6 Å². The van der Waals surface area contributed by atoms with Gasteiger partial charge in [0.25, 0.3) is 17.7 Å². The summed E-state index contributed by atoms with van der Waals surface area (Å²) in [4.78, 5) is 48.8. The molecule has 29 heavy (non-hydrogen) atoms. The number of rotatable bonds is 7.